The number of pyridine rings is 1. The van der Waals surface area contributed by atoms with Crippen LogP contribution < -0.4 is 4.90 Å². The van der Waals surface area contributed by atoms with Gasteiger partial charge in [0.25, 0.3) is 0 Å². The van der Waals surface area contributed by atoms with Gasteiger partial charge in [0.05, 0.1) is 22.7 Å². The van der Waals surface area contributed by atoms with Crippen LogP contribution >= 0.6 is 11.3 Å². The molecule has 0 amide bonds. The summed E-state index contributed by atoms with van der Waals surface area (Å²) in [5.41, 5.74) is 3.79. The summed E-state index contributed by atoms with van der Waals surface area (Å²) < 4.78 is 5.38. The average molecular weight is 433 g/mol. The highest BCUT2D eigenvalue weighted by Gasteiger charge is 2.28. The Morgan fingerprint density at radius 1 is 1.10 bits per heavy atom. The molecule has 0 saturated carbocycles. The molecular formula is C23H20N4O3S. The molecule has 0 spiro atoms. The van der Waals surface area contributed by atoms with Crippen LogP contribution in [0.1, 0.15) is 12.8 Å². The van der Waals surface area contributed by atoms with E-state index in [2.05, 4.69) is 14.9 Å². The quantitative estimate of drug-likeness (QED) is 0.483. The number of hydrogen-bond acceptors (Lipinski definition) is 7. The fourth-order valence-electron chi connectivity index (χ4n) is 3.84. The number of hydrogen-bond donors (Lipinski definition) is 1. The number of rotatable bonds is 5. The molecule has 0 bridgehead atoms. The van der Waals surface area contributed by atoms with Gasteiger partial charge in [0, 0.05) is 42.2 Å². The zero-order chi connectivity index (χ0) is 21.2. The first kappa shape index (κ1) is 19.4. The molecule has 8 heteroatoms. The van der Waals surface area contributed by atoms with Gasteiger partial charge in [-0.05, 0) is 18.9 Å². The van der Waals surface area contributed by atoms with Crippen molar-refractivity contribution in [2.75, 3.05) is 18.0 Å². The molecule has 1 atom stereocenters. The van der Waals surface area contributed by atoms with E-state index >= 15 is 0 Å². The molecule has 1 saturated heterocycles. The van der Waals surface area contributed by atoms with Crippen LogP contribution in [0.4, 0.5) is 5.13 Å². The topological polar surface area (TPSA) is 92.3 Å². The van der Waals surface area contributed by atoms with Crippen molar-refractivity contribution in [2.45, 2.75) is 12.8 Å². The molecule has 1 unspecified atom stereocenters. The van der Waals surface area contributed by atoms with Gasteiger partial charge in [-0.1, -0.05) is 41.7 Å². The summed E-state index contributed by atoms with van der Waals surface area (Å²) >= 11 is 1.58. The van der Waals surface area contributed by atoms with E-state index in [0.29, 0.717) is 18.7 Å². The van der Waals surface area contributed by atoms with Crippen molar-refractivity contribution in [2.24, 2.45) is 5.92 Å². The maximum Gasteiger partial charge on any atom is 0.308 e. The summed E-state index contributed by atoms with van der Waals surface area (Å²) in [6, 6.07) is 12.0. The lowest BCUT2D eigenvalue weighted by Crippen LogP contribution is -2.38. The predicted octanol–water partition coefficient (Wildman–Crippen LogP) is 4.83. The number of benzene rings is 1. The number of carboxylic acids is 1. The lowest BCUT2D eigenvalue weighted by molar-refractivity contribution is -0.141. The highest BCUT2D eigenvalue weighted by atomic mass is 32.1. The smallest absolute Gasteiger partial charge is 0.308 e. The Morgan fingerprint density at radius 3 is 2.65 bits per heavy atom. The van der Waals surface area contributed by atoms with Gasteiger partial charge in [0.1, 0.15) is 0 Å². The van der Waals surface area contributed by atoms with Gasteiger partial charge in [-0.25, -0.2) is 9.97 Å². The van der Waals surface area contributed by atoms with E-state index in [-0.39, 0.29) is 5.92 Å². The molecule has 1 aromatic carbocycles. The fraction of sp³-hybridized carbons (Fsp3) is 0.217. The van der Waals surface area contributed by atoms with E-state index < -0.39 is 5.97 Å². The first-order chi connectivity index (χ1) is 15.2. The summed E-state index contributed by atoms with van der Waals surface area (Å²) in [5.74, 6) is -0.382. The van der Waals surface area contributed by atoms with Crippen LogP contribution in [0.25, 0.3) is 33.0 Å². The molecule has 0 radical (unpaired) electrons. The minimum Gasteiger partial charge on any atom is -0.481 e. The number of thiazole rings is 1. The zero-order valence-electron chi connectivity index (χ0n) is 16.6. The van der Waals surface area contributed by atoms with E-state index in [4.69, 9.17) is 9.40 Å². The van der Waals surface area contributed by atoms with Crippen molar-refractivity contribution in [1.29, 1.82) is 0 Å². The molecule has 1 N–H and O–H groups in total. The Morgan fingerprint density at radius 2 is 1.94 bits per heavy atom. The number of oxazole rings is 1. The lowest BCUT2D eigenvalue weighted by atomic mass is 9.99. The van der Waals surface area contributed by atoms with Crippen molar-refractivity contribution in [1.82, 2.24) is 15.0 Å². The minimum absolute atomic E-state index is 0.357. The van der Waals surface area contributed by atoms with Crippen LogP contribution in [-0.4, -0.2) is 39.1 Å². The lowest BCUT2D eigenvalue weighted by Gasteiger charge is -2.30. The van der Waals surface area contributed by atoms with Crippen LogP contribution in [0.15, 0.2) is 65.8 Å². The number of aromatic nitrogens is 3. The minimum atomic E-state index is -0.739. The molecule has 31 heavy (non-hydrogen) atoms. The molecule has 1 fully saturated rings. The standard InChI is InChI=1S/C23H20N4O3S/c28-22(29)18-4-2-10-27(13-18)23-26-20(21(31-23)17-3-1-9-24-11-17)16-7-5-15(6-8-16)19-12-25-14-30-19/h1,3,5-9,11-12,14,18H,2,4,10,13H2,(H,28,29). The van der Waals surface area contributed by atoms with Crippen molar-refractivity contribution in [3.63, 3.8) is 0 Å². The molecule has 5 rings (SSSR count). The van der Waals surface area contributed by atoms with E-state index in [0.717, 1.165) is 45.4 Å². The Balaban J connectivity index is 1.53. The summed E-state index contributed by atoms with van der Waals surface area (Å²) in [6.07, 6.45) is 8.24. The second-order valence-electron chi connectivity index (χ2n) is 7.48. The summed E-state index contributed by atoms with van der Waals surface area (Å²) in [4.78, 5) is 27.8. The second-order valence-corrected chi connectivity index (χ2v) is 8.46. The molecule has 1 aliphatic rings. The number of anilines is 1. The van der Waals surface area contributed by atoms with Crippen molar-refractivity contribution < 1.29 is 14.3 Å². The van der Waals surface area contributed by atoms with Crippen LogP contribution in [0, 0.1) is 5.92 Å². The van der Waals surface area contributed by atoms with Crippen LogP contribution in [0.2, 0.25) is 0 Å². The van der Waals surface area contributed by atoms with Gasteiger partial charge < -0.3 is 14.4 Å². The average Bonchev–Trinajstić information content (AvgIpc) is 3.51. The molecule has 0 aliphatic carbocycles. The molecule has 156 valence electrons. The maximum absolute atomic E-state index is 11.5. The van der Waals surface area contributed by atoms with Gasteiger partial charge in [0.15, 0.2) is 17.3 Å². The first-order valence-corrected chi connectivity index (χ1v) is 10.9. The van der Waals surface area contributed by atoms with Gasteiger partial charge in [-0.15, -0.1) is 0 Å². The number of aliphatic carboxylic acids is 1. The van der Waals surface area contributed by atoms with Crippen molar-refractivity contribution in [3.05, 3.63) is 61.4 Å². The number of carbonyl (C=O) groups is 1. The Kier molecular flexibility index (Phi) is 5.21. The van der Waals surface area contributed by atoms with Crippen LogP contribution in [0.3, 0.4) is 0 Å². The largest absolute Gasteiger partial charge is 0.481 e. The fourth-order valence-corrected chi connectivity index (χ4v) is 4.95. The number of carboxylic acid groups (broad SMARTS) is 1. The zero-order valence-corrected chi connectivity index (χ0v) is 17.5. The third kappa shape index (κ3) is 3.94. The van der Waals surface area contributed by atoms with Crippen LogP contribution in [0.5, 0.6) is 0 Å². The first-order valence-electron chi connectivity index (χ1n) is 10.1. The van der Waals surface area contributed by atoms with Crippen molar-refractivity contribution >= 4 is 22.4 Å². The van der Waals surface area contributed by atoms with E-state index in [9.17, 15) is 9.90 Å². The highest BCUT2D eigenvalue weighted by Crippen LogP contribution is 2.41. The van der Waals surface area contributed by atoms with Gasteiger partial charge in [-0.2, -0.15) is 0 Å². The Bertz CT molecular complexity index is 1170. The third-order valence-corrected chi connectivity index (χ3v) is 6.62. The molecule has 7 nitrogen and oxygen atoms in total. The Hall–Kier alpha value is -3.52. The van der Waals surface area contributed by atoms with Crippen molar-refractivity contribution in [3.8, 4) is 33.0 Å². The maximum atomic E-state index is 11.5. The van der Waals surface area contributed by atoms with Crippen LogP contribution in [-0.2, 0) is 4.79 Å². The van der Waals surface area contributed by atoms with Gasteiger partial charge >= 0.3 is 5.97 Å². The monoisotopic (exact) mass is 432 g/mol. The van der Waals surface area contributed by atoms with Gasteiger partial charge in [0.2, 0.25) is 0 Å². The van der Waals surface area contributed by atoms with E-state index in [1.165, 1.54) is 6.39 Å². The second kappa shape index (κ2) is 8.31. The van der Waals surface area contributed by atoms with E-state index in [1.807, 2.05) is 42.6 Å². The number of nitrogens with zero attached hydrogens (tertiary/aromatic N) is 4. The third-order valence-electron chi connectivity index (χ3n) is 5.46. The summed E-state index contributed by atoms with van der Waals surface area (Å²) in [7, 11) is 0. The predicted molar refractivity (Wildman–Crippen MR) is 119 cm³/mol. The Labute approximate surface area is 183 Å². The highest BCUT2D eigenvalue weighted by molar-refractivity contribution is 7.19. The van der Waals surface area contributed by atoms with Gasteiger partial charge in [-0.3, -0.25) is 9.78 Å². The molecule has 1 aliphatic heterocycles. The molecular weight excluding hydrogens is 412 g/mol. The summed E-state index contributed by atoms with van der Waals surface area (Å²) in [5, 5.41) is 10.3. The SMILES string of the molecule is O=C(O)C1CCCN(c2nc(-c3ccc(-c4cnco4)cc3)c(-c3cccnc3)s2)C1. The normalized spacial score (nSPS) is 16.4. The van der Waals surface area contributed by atoms with E-state index in [1.54, 1.807) is 23.7 Å². The molecule has 4 heterocycles. The molecule has 3 aromatic heterocycles. The number of piperidine rings is 1. The molecule has 4 aromatic rings. The summed E-state index contributed by atoms with van der Waals surface area (Å²) in [6.45, 7) is 1.30.